The average Bonchev–Trinajstić information content (AvgIpc) is 2.93. The van der Waals surface area contributed by atoms with Gasteiger partial charge in [-0.25, -0.2) is 9.78 Å². The van der Waals surface area contributed by atoms with Gasteiger partial charge in [-0.05, 0) is 12.1 Å². The summed E-state index contributed by atoms with van der Waals surface area (Å²) in [5, 5.41) is 14.3. The van der Waals surface area contributed by atoms with Crippen molar-refractivity contribution in [1.29, 1.82) is 0 Å². The Kier molecular flexibility index (Phi) is 5.15. The Bertz CT molecular complexity index is 688. The molecule has 2 aromatic rings. The van der Waals surface area contributed by atoms with Crippen LogP contribution in [-0.2, 0) is 0 Å². The number of nitrogens with one attached hydrogen (secondary N) is 2. The second kappa shape index (κ2) is 7.28. The number of methoxy groups -OCH3 is 1. The Hall–Kier alpha value is -2.56. The molecule has 3 N–H and O–H groups in total. The second-order valence-corrected chi connectivity index (χ2v) is 4.80. The summed E-state index contributed by atoms with van der Waals surface area (Å²) in [6.45, 7) is -0.213. The van der Waals surface area contributed by atoms with Gasteiger partial charge in [-0.2, -0.15) is 0 Å². The lowest BCUT2D eigenvalue weighted by Gasteiger charge is -2.09. The maximum absolute atomic E-state index is 11.9. The molecular formula is C14H13N3O3S. The number of aliphatic hydroxyl groups excluding tert-OH is 1. The SMILES string of the molecule is COc1ccccc1NC(=O)Nc1ncc(C#CCO)s1. The van der Waals surface area contributed by atoms with Crippen LogP contribution in [-0.4, -0.2) is 29.8 Å². The highest BCUT2D eigenvalue weighted by molar-refractivity contribution is 7.16. The van der Waals surface area contributed by atoms with Crippen molar-refractivity contribution in [3.8, 4) is 17.6 Å². The summed E-state index contributed by atoms with van der Waals surface area (Å²) in [4.78, 5) is 16.6. The van der Waals surface area contributed by atoms with Gasteiger partial charge in [0.15, 0.2) is 5.13 Å². The highest BCUT2D eigenvalue weighted by Crippen LogP contribution is 2.23. The van der Waals surface area contributed by atoms with Gasteiger partial charge in [-0.15, -0.1) is 0 Å². The van der Waals surface area contributed by atoms with Crippen LogP contribution in [0.1, 0.15) is 4.88 Å². The largest absolute Gasteiger partial charge is 0.495 e. The number of carbonyl (C=O) groups excluding carboxylic acids is 1. The van der Waals surface area contributed by atoms with Crippen LogP contribution < -0.4 is 15.4 Å². The van der Waals surface area contributed by atoms with Gasteiger partial charge in [-0.3, -0.25) is 5.32 Å². The van der Waals surface area contributed by atoms with E-state index in [1.54, 1.807) is 18.2 Å². The van der Waals surface area contributed by atoms with Crippen molar-refractivity contribution in [2.75, 3.05) is 24.4 Å². The highest BCUT2D eigenvalue weighted by Gasteiger charge is 2.08. The molecule has 0 bridgehead atoms. The number of para-hydroxylation sites is 2. The molecule has 0 atom stereocenters. The molecule has 108 valence electrons. The van der Waals surface area contributed by atoms with Crippen LogP contribution in [0.25, 0.3) is 0 Å². The number of thiazole rings is 1. The molecule has 1 aromatic carbocycles. The standard InChI is InChI=1S/C14H13N3O3S/c1-20-12-7-3-2-6-11(12)16-13(19)17-14-15-9-10(21-14)5-4-8-18/h2-3,6-7,9,18H,8H2,1H3,(H2,15,16,17,19). The van der Waals surface area contributed by atoms with Gasteiger partial charge in [0.25, 0.3) is 0 Å². The molecule has 0 aliphatic heterocycles. The van der Waals surface area contributed by atoms with E-state index in [4.69, 9.17) is 9.84 Å². The monoisotopic (exact) mass is 303 g/mol. The molecular weight excluding hydrogens is 290 g/mol. The number of urea groups is 1. The van der Waals surface area contributed by atoms with E-state index < -0.39 is 6.03 Å². The fraction of sp³-hybridized carbons (Fsp3) is 0.143. The molecule has 0 aliphatic rings. The van der Waals surface area contributed by atoms with E-state index in [1.165, 1.54) is 24.6 Å². The minimum absolute atomic E-state index is 0.213. The van der Waals surface area contributed by atoms with E-state index in [9.17, 15) is 4.79 Å². The molecule has 0 saturated carbocycles. The third-order valence-corrected chi connectivity index (χ3v) is 3.20. The normalized spacial score (nSPS) is 9.43. The van der Waals surface area contributed by atoms with E-state index in [0.717, 1.165) is 0 Å². The molecule has 0 unspecified atom stereocenters. The number of carbonyl (C=O) groups is 1. The minimum atomic E-state index is -0.421. The molecule has 0 spiro atoms. The first-order valence-electron chi connectivity index (χ1n) is 5.99. The lowest BCUT2D eigenvalue weighted by Crippen LogP contribution is -2.19. The Balaban J connectivity index is 2.00. The van der Waals surface area contributed by atoms with Gasteiger partial charge in [0.1, 0.15) is 12.4 Å². The molecule has 0 aliphatic carbocycles. The summed E-state index contributed by atoms with van der Waals surface area (Å²) >= 11 is 1.22. The number of benzene rings is 1. The summed E-state index contributed by atoms with van der Waals surface area (Å²) in [6.07, 6.45) is 1.53. The van der Waals surface area contributed by atoms with Crippen LogP contribution in [0.15, 0.2) is 30.5 Å². The van der Waals surface area contributed by atoms with Crippen LogP contribution in [0.2, 0.25) is 0 Å². The van der Waals surface area contributed by atoms with Crippen molar-refractivity contribution in [3.63, 3.8) is 0 Å². The number of aromatic nitrogens is 1. The quantitative estimate of drug-likeness (QED) is 0.759. The van der Waals surface area contributed by atoms with Gasteiger partial charge in [0, 0.05) is 0 Å². The van der Waals surface area contributed by atoms with E-state index >= 15 is 0 Å². The first-order chi connectivity index (χ1) is 10.2. The molecule has 7 heteroatoms. The van der Waals surface area contributed by atoms with Crippen molar-refractivity contribution >= 4 is 28.2 Å². The van der Waals surface area contributed by atoms with Crippen molar-refractivity contribution in [2.45, 2.75) is 0 Å². The highest BCUT2D eigenvalue weighted by atomic mass is 32.1. The third kappa shape index (κ3) is 4.21. The maximum atomic E-state index is 11.9. The first-order valence-corrected chi connectivity index (χ1v) is 6.81. The van der Waals surface area contributed by atoms with E-state index in [0.29, 0.717) is 21.4 Å². The third-order valence-electron chi connectivity index (χ3n) is 2.37. The predicted octanol–water partition coefficient (Wildman–Crippen LogP) is 2.14. The molecule has 0 radical (unpaired) electrons. The second-order valence-electron chi connectivity index (χ2n) is 3.77. The van der Waals surface area contributed by atoms with Gasteiger partial charge >= 0.3 is 6.03 Å². The number of hydrogen-bond donors (Lipinski definition) is 3. The summed E-state index contributed by atoms with van der Waals surface area (Å²) in [7, 11) is 1.53. The Morgan fingerprint density at radius 3 is 3.00 bits per heavy atom. The fourth-order valence-electron chi connectivity index (χ4n) is 1.51. The lowest BCUT2D eigenvalue weighted by molar-refractivity contribution is 0.262. The van der Waals surface area contributed by atoms with Crippen LogP contribution >= 0.6 is 11.3 Å². The van der Waals surface area contributed by atoms with Crippen LogP contribution in [0.5, 0.6) is 5.75 Å². The van der Waals surface area contributed by atoms with Crippen LogP contribution in [0, 0.1) is 11.8 Å². The fourth-order valence-corrected chi connectivity index (χ4v) is 2.20. The number of rotatable bonds is 3. The van der Waals surface area contributed by atoms with Gasteiger partial charge in [-0.1, -0.05) is 35.3 Å². The van der Waals surface area contributed by atoms with Crippen molar-refractivity contribution < 1.29 is 14.6 Å². The zero-order chi connectivity index (χ0) is 15.1. The number of amides is 2. The predicted molar refractivity (Wildman–Crippen MR) is 81.7 cm³/mol. The molecule has 2 rings (SSSR count). The summed E-state index contributed by atoms with van der Waals surface area (Å²) in [6, 6.07) is 6.68. The minimum Gasteiger partial charge on any atom is -0.495 e. The van der Waals surface area contributed by atoms with E-state index in [-0.39, 0.29) is 6.61 Å². The first kappa shape index (κ1) is 14.8. The molecule has 0 saturated heterocycles. The van der Waals surface area contributed by atoms with Gasteiger partial charge in [0.2, 0.25) is 0 Å². The molecule has 0 fully saturated rings. The van der Waals surface area contributed by atoms with Crippen LogP contribution in [0.4, 0.5) is 15.6 Å². The van der Waals surface area contributed by atoms with Crippen LogP contribution in [0.3, 0.4) is 0 Å². The molecule has 21 heavy (non-hydrogen) atoms. The Morgan fingerprint density at radius 1 is 1.43 bits per heavy atom. The number of nitrogens with zero attached hydrogens (tertiary/aromatic N) is 1. The molecule has 6 nitrogen and oxygen atoms in total. The van der Waals surface area contributed by atoms with Crippen molar-refractivity contribution in [1.82, 2.24) is 4.98 Å². The number of ether oxygens (including phenoxy) is 1. The Labute approximate surface area is 125 Å². The Morgan fingerprint density at radius 2 is 2.24 bits per heavy atom. The number of aliphatic hydroxyl groups is 1. The lowest BCUT2D eigenvalue weighted by atomic mass is 10.3. The summed E-state index contributed by atoms with van der Waals surface area (Å²) < 4.78 is 5.15. The average molecular weight is 303 g/mol. The van der Waals surface area contributed by atoms with Gasteiger partial charge < -0.3 is 15.2 Å². The number of anilines is 2. The van der Waals surface area contributed by atoms with E-state index in [2.05, 4.69) is 27.5 Å². The van der Waals surface area contributed by atoms with Crippen molar-refractivity contribution in [2.24, 2.45) is 0 Å². The molecule has 1 aromatic heterocycles. The topological polar surface area (TPSA) is 83.5 Å². The maximum Gasteiger partial charge on any atom is 0.325 e. The summed E-state index contributed by atoms with van der Waals surface area (Å²) in [5.74, 6) is 5.81. The molecule has 2 amide bonds. The smallest absolute Gasteiger partial charge is 0.325 e. The number of hydrogen-bond acceptors (Lipinski definition) is 5. The molecule has 1 heterocycles. The van der Waals surface area contributed by atoms with Crippen molar-refractivity contribution in [3.05, 3.63) is 35.3 Å². The summed E-state index contributed by atoms with van der Waals surface area (Å²) in [5.41, 5.74) is 0.564. The van der Waals surface area contributed by atoms with Gasteiger partial charge in [0.05, 0.1) is 23.9 Å². The van der Waals surface area contributed by atoms with E-state index in [1.807, 2.05) is 6.07 Å². The zero-order valence-electron chi connectivity index (χ0n) is 11.2. The zero-order valence-corrected chi connectivity index (χ0v) is 12.0.